The van der Waals surface area contributed by atoms with E-state index in [0.717, 1.165) is 25.0 Å². The molecule has 2 aromatic rings. The molecular weight excluding hydrogens is 359 g/mol. The zero-order valence-corrected chi connectivity index (χ0v) is 15.4. The minimum atomic E-state index is -0.413. The summed E-state index contributed by atoms with van der Waals surface area (Å²) in [5.74, 6) is -0.101. The first-order valence-corrected chi connectivity index (χ1v) is 9.13. The Balaban J connectivity index is 1.56. The highest BCUT2D eigenvalue weighted by Crippen LogP contribution is 2.17. The van der Waals surface area contributed by atoms with E-state index in [4.69, 9.17) is 9.47 Å². The van der Waals surface area contributed by atoms with Gasteiger partial charge in [-0.25, -0.2) is 4.39 Å². The number of carbonyl (C=O) groups is 1. The van der Waals surface area contributed by atoms with Gasteiger partial charge in [-0.05, 0) is 54.3 Å². The normalized spacial score (nSPS) is 16.4. The molecule has 2 aromatic carbocycles. The molecule has 1 atom stereocenters. The van der Waals surface area contributed by atoms with Crippen LogP contribution in [0.15, 0.2) is 54.1 Å². The summed E-state index contributed by atoms with van der Waals surface area (Å²) in [6.45, 7) is 1.38. The Labute approximate surface area is 163 Å². The van der Waals surface area contributed by atoms with Crippen LogP contribution in [-0.2, 0) is 16.1 Å². The van der Waals surface area contributed by atoms with Crippen LogP contribution in [0.1, 0.15) is 24.0 Å². The molecule has 1 amide bonds. The summed E-state index contributed by atoms with van der Waals surface area (Å²) < 4.78 is 24.3. The van der Waals surface area contributed by atoms with Gasteiger partial charge in [0.05, 0.1) is 6.10 Å². The molecule has 0 spiro atoms. The Morgan fingerprint density at radius 1 is 1.32 bits per heavy atom. The van der Waals surface area contributed by atoms with Gasteiger partial charge in [-0.1, -0.05) is 24.3 Å². The fourth-order valence-electron chi connectivity index (χ4n) is 2.88. The lowest BCUT2D eigenvalue weighted by molar-refractivity contribution is -0.117. The molecule has 6 heteroatoms. The van der Waals surface area contributed by atoms with E-state index < -0.39 is 5.91 Å². The molecule has 144 valence electrons. The van der Waals surface area contributed by atoms with E-state index in [1.165, 1.54) is 18.2 Å². The van der Waals surface area contributed by atoms with Crippen molar-refractivity contribution in [3.05, 3.63) is 71.0 Å². The molecule has 0 bridgehead atoms. The summed E-state index contributed by atoms with van der Waals surface area (Å²) in [5, 5.41) is 12.0. The van der Waals surface area contributed by atoms with Crippen LogP contribution in [0.4, 0.5) is 4.39 Å². The number of carbonyl (C=O) groups excluding carboxylic acids is 1. The van der Waals surface area contributed by atoms with Crippen molar-refractivity contribution in [1.29, 1.82) is 5.26 Å². The summed E-state index contributed by atoms with van der Waals surface area (Å²) in [7, 11) is 0. The number of nitrogens with zero attached hydrogens (tertiary/aromatic N) is 1. The van der Waals surface area contributed by atoms with Crippen LogP contribution in [0.3, 0.4) is 0 Å². The SMILES string of the molecule is N#C/C(=C\c1ccc(OCc2cccc(F)c2)cc1)C(=O)NC[C@@H]1CCCO1. The highest BCUT2D eigenvalue weighted by atomic mass is 19.1. The maximum atomic E-state index is 13.2. The summed E-state index contributed by atoms with van der Waals surface area (Å²) in [6.07, 6.45) is 3.47. The lowest BCUT2D eigenvalue weighted by Gasteiger charge is -2.10. The number of benzene rings is 2. The van der Waals surface area contributed by atoms with Gasteiger partial charge >= 0.3 is 0 Å². The van der Waals surface area contributed by atoms with E-state index in [9.17, 15) is 14.4 Å². The standard InChI is InChI=1S/C22H21FN2O3/c23-19-4-1-3-17(12-19)15-28-20-8-6-16(7-9-20)11-18(13-24)22(26)25-14-21-5-2-10-27-21/h1,3-4,6-9,11-12,21H,2,5,10,14-15H2,(H,25,26)/b18-11+/t21-/m0/s1. The summed E-state index contributed by atoms with van der Waals surface area (Å²) in [4.78, 5) is 12.2. The zero-order chi connectivity index (χ0) is 19.8. The van der Waals surface area contributed by atoms with Crippen molar-refractivity contribution >= 4 is 12.0 Å². The minimum Gasteiger partial charge on any atom is -0.489 e. The number of rotatable bonds is 7. The Morgan fingerprint density at radius 3 is 2.82 bits per heavy atom. The molecule has 0 aromatic heterocycles. The highest BCUT2D eigenvalue weighted by molar-refractivity contribution is 6.01. The molecule has 1 heterocycles. The lowest BCUT2D eigenvalue weighted by Crippen LogP contribution is -2.32. The number of ether oxygens (including phenoxy) is 2. The number of halogens is 1. The average Bonchev–Trinajstić information content (AvgIpc) is 3.23. The van der Waals surface area contributed by atoms with Gasteiger partial charge in [0.2, 0.25) is 0 Å². The van der Waals surface area contributed by atoms with E-state index >= 15 is 0 Å². The first-order chi connectivity index (χ1) is 13.6. The van der Waals surface area contributed by atoms with Crippen LogP contribution in [0.25, 0.3) is 6.08 Å². The fraction of sp³-hybridized carbons (Fsp3) is 0.273. The summed E-state index contributed by atoms with van der Waals surface area (Å²) in [6, 6.07) is 15.2. The number of amides is 1. The zero-order valence-electron chi connectivity index (χ0n) is 15.4. The second-order valence-corrected chi connectivity index (χ2v) is 6.50. The Bertz CT molecular complexity index is 881. The van der Waals surface area contributed by atoms with Gasteiger partial charge in [-0.3, -0.25) is 4.79 Å². The van der Waals surface area contributed by atoms with Gasteiger partial charge in [-0.2, -0.15) is 5.26 Å². The number of nitriles is 1. The topological polar surface area (TPSA) is 71.3 Å². The average molecular weight is 380 g/mol. The molecule has 1 fully saturated rings. The molecule has 3 rings (SSSR count). The Kier molecular flexibility index (Phi) is 6.77. The van der Waals surface area contributed by atoms with E-state index in [0.29, 0.717) is 17.9 Å². The van der Waals surface area contributed by atoms with Crippen molar-refractivity contribution in [3.8, 4) is 11.8 Å². The molecule has 1 aliphatic rings. The number of hydrogen-bond acceptors (Lipinski definition) is 4. The third-order valence-electron chi connectivity index (χ3n) is 4.36. The molecule has 0 radical (unpaired) electrons. The van der Waals surface area contributed by atoms with Gasteiger partial charge in [0.1, 0.15) is 29.8 Å². The smallest absolute Gasteiger partial charge is 0.262 e. The molecule has 1 N–H and O–H groups in total. The van der Waals surface area contributed by atoms with E-state index in [1.807, 2.05) is 6.07 Å². The second kappa shape index (κ2) is 9.67. The predicted octanol–water partition coefficient (Wildman–Crippen LogP) is 3.61. The first kappa shape index (κ1) is 19.6. The lowest BCUT2D eigenvalue weighted by atomic mass is 10.1. The van der Waals surface area contributed by atoms with Crippen LogP contribution in [0, 0.1) is 17.1 Å². The van der Waals surface area contributed by atoms with Crippen molar-refractivity contribution < 1.29 is 18.7 Å². The molecule has 0 saturated carbocycles. The van der Waals surface area contributed by atoms with Crippen LogP contribution in [0.5, 0.6) is 5.75 Å². The third kappa shape index (κ3) is 5.66. The first-order valence-electron chi connectivity index (χ1n) is 9.13. The van der Waals surface area contributed by atoms with Crippen LogP contribution in [-0.4, -0.2) is 25.2 Å². The van der Waals surface area contributed by atoms with Gasteiger partial charge in [0.15, 0.2) is 0 Å². The monoisotopic (exact) mass is 380 g/mol. The summed E-state index contributed by atoms with van der Waals surface area (Å²) in [5.41, 5.74) is 1.48. The van der Waals surface area contributed by atoms with Crippen molar-refractivity contribution in [2.75, 3.05) is 13.2 Å². The Hall–Kier alpha value is -3.17. The van der Waals surface area contributed by atoms with Gasteiger partial charge in [0, 0.05) is 13.2 Å². The largest absolute Gasteiger partial charge is 0.489 e. The second-order valence-electron chi connectivity index (χ2n) is 6.50. The van der Waals surface area contributed by atoms with Gasteiger partial charge < -0.3 is 14.8 Å². The van der Waals surface area contributed by atoms with Crippen LogP contribution in [0.2, 0.25) is 0 Å². The molecule has 0 aliphatic carbocycles. The van der Waals surface area contributed by atoms with E-state index in [2.05, 4.69) is 5.32 Å². The van der Waals surface area contributed by atoms with E-state index in [-0.39, 0.29) is 24.1 Å². The molecule has 5 nitrogen and oxygen atoms in total. The van der Waals surface area contributed by atoms with E-state index in [1.54, 1.807) is 36.4 Å². The third-order valence-corrected chi connectivity index (χ3v) is 4.36. The minimum absolute atomic E-state index is 0.0263. The van der Waals surface area contributed by atoms with Gasteiger partial charge in [-0.15, -0.1) is 0 Å². The molecule has 1 aliphatic heterocycles. The van der Waals surface area contributed by atoms with Crippen molar-refractivity contribution in [2.45, 2.75) is 25.6 Å². The molecular formula is C22H21FN2O3. The highest BCUT2D eigenvalue weighted by Gasteiger charge is 2.17. The maximum absolute atomic E-state index is 13.2. The van der Waals surface area contributed by atoms with Crippen LogP contribution >= 0.6 is 0 Å². The van der Waals surface area contributed by atoms with Crippen molar-refractivity contribution in [3.63, 3.8) is 0 Å². The number of nitrogens with one attached hydrogen (secondary N) is 1. The van der Waals surface area contributed by atoms with Crippen molar-refractivity contribution in [2.24, 2.45) is 0 Å². The fourth-order valence-corrected chi connectivity index (χ4v) is 2.88. The predicted molar refractivity (Wildman–Crippen MR) is 103 cm³/mol. The summed E-state index contributed by atoms with van der Waals surface area (Å²) >= 11 is 0. The molecule has 1 saturated heterocycles. The quantitative estimate of drug-likeness (QED) is 0.588. The van der Waals surface area contributed by atoms with Gasteiger partial charge in [0.25, 0.3) is 5.91 Å². The van der Waals surface area contributed by atoms with Crippen molar-refractivity contribution in [1.82, 2.24) is 5.32 Å². The molecule has 0 unspecified atom stereocenters. The Morgan fingerprint density at radius 2 is 2.14 bits per heavy atom. The number of hydrogen-bond donors (Lipinski definition) is 1. The molecule has 28 heavy (non-hydrogen) atoms. The van der Waals surface area contributed by atoms with Crippen LogP contribution < -0.4 is 10.1 Å². The maximum Gasteiger partial charge on any atom is 0.262 e.